The number of ether oxygens (including phenoxy) is 1. The minimum absolute atomic E-state index is 0.0827. The van der Waals surface area contributed by atoms with Gasteiger partial charge in [0.05, 0.1) is 0 Å². The summed E-state index contributed by atoms with van der Waals surface area (Å²) in [5.41, 5.74) is 10.4. The predicted molar refractivity (Wildman–Crippen MR) is 135 cm³/mol. The van der Waals surface area contributed by atoms with E-state index in [0.29, 0.717) is 19.3 Å². The van der Waals surface area contributed by atoms with Gasteiger partial charge in [0.2, 0.25) is 0 Å². The third-order valence-corrected chi connectivity index (χ3v) is 7.26. The number of piperazine rings is 1. The first-order chi connectivity index (χ1) is 16.5. The molecule has 5 rings (SSSR count). The van der Waals surface area contributed by atoms with Crippen LogP contribution < -0.4 is 10.5 Å². The Morgan fingerprint density at radius 3 is 2.06 bits per heavy atom. The molecule has 1 atom stereocenters. The number of nitrogens with two attached hydrogens (primary N) is 1. The molecule has 3 aromatic rings. The molecule has 0 spiro atoms. The Morgan fingerprint density at radius 2 is 1.47 bits per heavy atom. The van der Waals surface area contributed by atoms with E-state index in [1.54, 1.807) is 0 Å². The third kappa shape index (κ3) is 4.59. The first kappa shape index (κ1) is 22.6. The molecule has 0 bridgehead atoms. The molecule has 5 nitrogen and oxygen atoms in total. The molecule has 1 saturated heterocycles. The van der Waals surface area contributed by atoms with Gasteiger partial charge < -0.3 is 20.3 Å². The van der Waals surface area contributed by atoms with Crippen molar-refractivity contribution in [3.8, 4) is 5.75 Å². The lowest BCUT2D eigenvalue weighted by atomic mass is 9.77. The van der Waals surface area contributed by atoms with Crippen LogP contribution in [0.4, 0.5) is 0 Å². The number of rotatable bonds is 5. The Kier molecular flexibility index (Phi) is 6.40. The van der Waals surface area contributed by atoms with E-state index < -0.39 is 5.60 Å². The topological polar surface area (TPSA) is 58.8 Å². The summed E-state index contributed by atoms with van der Waals surface area (Å²) in [4.78, 5) is 17.6. The van der Waals surface area contributed by atoms with Gasteiger partial charge in [0.25, 0.3) is 5.91 Å². The lowest BCUT2D eigenvalue weighted by molar-refractivity contribution is 0.0266. The van der Waals surface area contributed by atoms with Crippen molar-refractivity contribution in [2.75, 3.05) is 33.2 Å². The van der Waals surface area contributed by atoms with Crippen LogP contribution in [-0.4, -0.2) is 60.6 Å². The number of hydrogen-bond acceptors (Lipinski definition) is 4. The van der Waals surface area contributed by atoms with Gasteiger partial charge in [-0.15, -0.1) is 0 Å². The summed E-state index contributed by atoms with van der Waals surface area (Å²) in [6.45, 7) is 3.29. The van der Waals surface area contributed by atoms with Crippen LogP contribution in [0.5, 0.6) is 5.75 Å². The Balaban J connectivity index is 1.48. The van der Waals surface area contributed by atoms with Crippen molar-refractivity contribution in [1.29, 1.82) is 0 Å². The number of likely N-dealkylation sites (N-methyl/N-ethyl adjacent to an activating group) is 1. The molecular formula is C29H33N3O2. The molecule has 0 aromatic heterocycles. The largest absolute Gasteiger partial charge is 0.485 e. The molecule has 5 heteroatoms. The summed E-state index contributed by atoms with van der Waals surface area (Å²) in [5, 5.41) is 0. The van der Waals surface area contributed by atoms with Crippen LogP contribution >= 0.6 is 0 Å². The minimum Gasteiger partial charge on any atom is -0.485 e. The molecule has 34 heavy (non-hydrogen) atoms. The highest BCUT2D eigenvalue weighted by Crippen LogP contribution is 2.39. The maximum absolute atomic E-state index is 13.4. The van der Waals surface area contributed by atoms with Crippen molar-refractivity contribution in [2.24, 2.45) is 5.73 Å². The second kappa shape index (κ2) is 9.61. The van der Waals surface area contributed by atoms with Crippen LogP contribution in [0.25, 0.3) is 0 Å². The average molecular weight is 456 g/mol. The van der Waals surface area contributed by atoms with Gasteiger partial charge in [-0.25, -0.2) is 0 Å². The zero-order valence-corrected chi connectivity index (χ0v) is 19.8. The van der Waals surface area contributed by atoms with Crippen LogP contribution in [0.2, 0.25) is 0 Å². The van der Waals surface area contributed by atoms with Crippen LogP contribution in [-0.2, 0) is 19.3 Å². The smallest absolute Gasteiger partial charge is 0.254 e. The number of hydrogen-bond donors (Lipinski definition) is 1. The number of benzene rings is 3. The maximum atomic E-state index is 13.4. The predicted octanol–water partition coefficient (Wildman–Crippen LogP) is 3.56. The summed E-state index contributed by atoms with van der Waals surface area (Å²) < 4.78 is 6.83. The van der Waals surface area contributed by atoms with Crippen molar-refractivity contribution in [3.63, 3.8) is 0 Å². The normalized spacial score (nSPS) is 19.8. The second-order valence-electron chi connectivity index (χ2n) is 9.68. The van der Waals surface area contributed by atoms with Crippen LogP contribution in [0.15, 0.2) is 78.9 Å². The van der Waals surface area contributed by atoms with E-state index in [1.165, 1.54) is 11.1 Å². The van der Waals surface area contributed by atoms with E-state index in [0.717, 1.165) is 43.1 Å². The van der Waals surface area contributed by atoms with Crippen LogP contribution in [0.1, 0.15) is 27.0 Å². The van der Waals surface area contributed by atoms with E-state index >= 15 is 0 Å². The lowest BCUT2D eigenvalue weighted by Gasteiger charge is -2.44. The van der Waals surface area contributed by atoms with E-state index in [9.17, 15) is 4.79 Å². The fraction of sp³-hybridized carbons (Fsp3) is 0.345. The zero-order chi connectivity index (χ0) is 23.5. The van der Waals surface area contributed by atoms with Crippen molar-refractivity contribution >= 4 is 5.91 Å². The monoisotopic (exact) mass is 455 g/mol. The highest BCUT2D eigenvalue weighted by molar-refractivity contribution is 5.96. The third-order valence-electron chi connectivity index (χ3n) is 7.26. The summed E-state index contributed by atoms with van der Waals surface area (Å²) in [6.07, 6.45) is 2.03. The van der Waals surface area contributed by atoms with E-state index in [4.69, 9.17) is 10.5 Å². The molecule has 0 radical (unpaired) electrons. The van der Waals surface area contributed by atoms with Gasteiger partial charge in [-0.05, 0) is 36.7 Å². The molecule has 0 aliphatic carbocycles. The number of nitrogens with zero attached hydrogens (tertiary/aromatic N) is 2. The van der Waals surface area contributed by atoms with Crippen molar-refractivity contribution < 1.29 is 9.53 Å². The molecule has 2 N–H and O–H groups in total. The van der Waals surface area contributed by atoms with Gasteiger partial charge in [-0.2, -0.15) is 0 Å². The standard InChI is InChI=1S/C29H33N3O2/c1-31-15-17-32(18-16-31)28(33)24-13-8-14-26-25(24)19-27(30)29(34-26,20-22-9-4-2-5-10-22)21-23-11-6-3-7-12-23/h2-14,27H,15-21,30H2,1H3. The summed E-state index contributed by atoms with van der Waals surface area (Å²) in [6, 6.07) is 26.4. The fourth-order valence-corrected chi connectivity index (χ4v) is 5.23. The first-order valence-electron chi connectivity index (χ1n) is 12.2. The summed E-state index contributed by atoms with van der Waals surface area (Å²) in [5.74, 6) is 0.868. The SMILES string of the molecule is CN1CCN(C(=O)c2cccc3c2CC(N)C(Cc2ccccc2)(Cc2ccccc2)O3)CC1. The molecule has 0 saturated carbocycles. The zero-order valence-electron chi connectivity index (χ0n) is 19.8. The molecule has 1 amide bonds. The maximum Gasteiger partial charge on any atom is 0.254 e. The first-order valence-corrected chi connectivity index (χ1v) is 12.2. The van der Waals surface area contributed by atoms with E-state index in [1.807, 2.05) is 35.2 Å². The Hall–Kier alpha value is -3.15. The van der Waals surface area contributed by atoms with Crippen LogP contribution in [0, 0.1) is 0 Å². The Morgan fingerprint density at radius 1 is 0.882 bits per heavy atom. The molecule has 1 fully saturated rings. The van der Waals surface area contributed by atoms with Gasteiger partial charge in [0.1, 0.15) is 11.4 Å². The van der Waals surface area contributed by atoms with E-state index in [-0.39, 0.29) is 11.9 Å². The molecule has 176 valence electrons. The minimum atomic E-state index is -0.592. The number of fused-ring (bicyclic) bond motifs is 1. The molecule has 2 heterocycles. The van der Waals surface area contributed by atoms with Gasteiger partial charge >= 0.3 is 0 Å². The average Bonchev–Trinajstić information content (AvgIpc) is 2.86. The van der Waals surface area contributed by atoms with E-state index in [2.05, 4.69) is 60.5 Å². The highest BCUT2D eigenvalue weighted by atomic mass is 16.5. The molecule has 2 aliphatic rings. The summed E-state index contributed by atoms with van der Waals surface area (Å²) in [7, 11) is 2.10. The van der Waals surface area contributed by atoms with Crippen molar-refractivity contribution in [1.82, 2.24) is 9.80 Å². The number of carbonyl (C=O) groups is 1. The fourth-order valence-electron chi connectivity index (χ4n) is 5.23. The van der Waals surface area contributed by atoms with Gasteiger partial charge in [-0.3, -0.25) is 4.79 Å². The summed E-state index contributed by atoms with van der Waals surface area (Å²) >= 11 is 0. The Labute approximate surface area is 202 Å². The molecule has 3 aromatic carbocycles. The highest BCUT2D eigenvalue weighted by Gasteiger charge is 2.44. The van der Waals surface area contributed by atoms with Crippen molar-refractivity contribution in [2.45, 2.75) is 30.9 Å². The number of amides is 1. The molecular weight excluding hydrogens is 422 g/mol. The second-order valence-corrected chi connectivity index (χ2v) is 9.68. The van der Waals surface area contributed by atoms with Gasteiger partial charge in [-0.1, -0.05) is 66.7 Å². The molecule has 1 unspecified atom stereocenters. The molecule has 2 aliphatic heterocycles. The van der Waals surface area contributed by atoms with Crippen LogP contribution in [0.3, 0.4) is 0 Å². The quantitative estimate of drug-likeness (QED) is 0.639. The lowest BCUT2D eigenvalue weighted by Crippen LogP contribution is -2.59. The Bertz CT molecular complexity index is 1080. The van der Waals surface area contributed by atoms with Gasteiger partial charge in [0, 0.05) is 56.2 Å². The number of carbonyl (C=O) groups excluding carboxylic acids is 1. The van der Waals surface area contributed by atoms with Gasteiger partial charge in [0.15, 0.2) is 0 Å². The van der Waals surface area contributed by atoms with Crippen molar-refractivity contribution in [3.05, 3.63) is 101 Å².